The van der Waals surface area contributed by atoms with E-state index < -0.39 is 67.4 Å². The van der Waals surface area contributed by atoms with Crippen LogP contribution in [0.5, 0.6) is 11.5 Å². The number of sulfonamides is 2. The first-order chi connectivity index (χ1) is 38.0. The van der Waals surface area contributed by atoms with Crippen molar-refractivity contribution in [3.8, 4) is 33.9 Å². The molecule has 1 heterocycles. The van der Waals surface area contributed by atoms with Crippen molar-refractivity contribution in [2.45, 2.75) is 61.1 Å². The van der Waals surface area contributed by atoms with E-state index in [9.17, 15) is 62.9 Å². The summed E-state index contributed by atoms with van der Waals surface area (Å²) in [5.41, 5.74) is 3.73. The Labute approximate surface area is 464 Å². The molecule has 81 heavy (non-hydrogen) atoms. The first-order valence-corrected chi connectivity index (χ1v) is 30.3. The first kappa shape index (κ1) is 55.5. The van der Waals surface area contributed by atoms with Crippen LogP contribution in [0.3, 0.4) is 0 Å². The van der Waals surface area contributed by atoms with E-state index in [1.807, 2.05) is 6.92 Å². The molecule has 0 saturated carbocycles. The van der Waals surface area contributed by atoms with Crippen molar-refractivity contribution >= 4 is 107 Å². The smallest absolute Gasteiger partial charge is 0.339 e. The van der Waals surface area contributed by atoms with Gasteiger partial charge in [-0.3, -0.25) is 18.5 Å². The number of carboxylic acid groups (broad SMARTS) is 1. The molecule has 10 rings (SSSR count). The Bertz CT molecular complexity index is 4910. The normalized spacial score (nSPS) is 12.6. The molecule has 2 aliphatic rings. The van der Waals surface area contributed by atoms with Gasteiger partial charge in [-0.15, -0.1) is 0 Å². The summed E-state index contributed by atoms with van der Waals surface area (Å²) in [4.78, 5) is 14.8. The Morgan fingerprint density at radius 3 is 1.74 bits per heavy atom. The fourth-order valence-electron chi connectivity index (χ4n) is 10.3. The van der Waals surface area contributed by atoms with Gasteiger partial charge in [-0.25, -0.2) is 26.6 Å². The van der Waals surface area contributed by atoms with Gasteiger partial charge in [0.25, 0.3) is 40.3 Å². The molecule has 0 spiro atoms. The summed E-state index contributed by atoms with van der Waals surface area (Å²) in [5.74, 6) is -2.29. The quantitative estimate of drug-likeness (QED) is 0.0393. The Balaban J connectivity index is 1.13. The monoisotopic (exact) mass is 1170 g/mol. The number of anilines is 4. The predicted octanol–water partition coefficient (Wildman–Crippen LogP) is 11.5. The largest absolute Gasteiger partial charge is 0.508 e. The fourth-order valence-corrected chi connectivity index (χ4v) is 14.5. The van der Waals surface area contributed by atoms with Crippen molar-refractivity contribution in [2.24, 2.45) is 4.99 Å². The van der Waals surface area contributed by atoms with E-state index in [2.05, 4.69) is 14.8 Å². The van der Waals surface area contributed by atoms with Crippen LogP contribution in [0.4, 0.5) is 28.4 Å². The number of nitrogens with one attached hydrogen (secondary N) is 3. The van der Waals surface area contributed by atoms with Gasteiger partial charge in [0, 0.05) is 56.4 Å². The molecule has 1 aliphatic heterocycles. The number of hydrogen-bond acceptors (Lipinski definition) is 14. The van der Waals surface area contributed by atoms with Crippen LogP contribution in [0.2, 0.25) is 0 Å². The molecule has 0 unspecified atom stereocenters. The molecule has 23 heteroatoms. The summed E-state index contributed by atoms with van der Waals surface area (Å²) < 4.78 is 143. The van der Waals surface area contributed by atoms with Gasteiger partial charge >= 0.3 is 5.97 Å². The van der Waals surface area contributed by atoms with Crippen molar-refractivity contribution in [3.05, 3.63) is 178 Å². The topological polar surface area (TPSA) is 316 Å². The lowest BCUT2D eigenvalue weighted by Crippen LogP contribution is -2.17. The highest BCUT2D eigenvalue weighted by atomic mass is 32.2. The van der Waals surface area contributed by atoms with E-state index in [-0.39, 0.29) is 87.7 Å². The highest BCUT2D eigenvalue weighted by molar-refractivity contribution is 7.93. The van der Waals surface area contributed by atoms with Crippen LogP contribution in [-0.2, 0) is 40.3 Å². The van der Waals surface area contributed by atoms with Gasteiger partial charge in [-0.1, -0.05) is 60.7 Å². The lowest BCUT2D eigenvalue weighted by atomic mass is 9.93. The lowest BCUT2D eigenvalue weighted by molar-refractivity contribution is 0.0693. The van der Waals surface area contributed by atoms with Crippen LogP contribution < -0.4 is 20.1 Å². The third-order valence-corrected chi connectivity index (χ3v) is 18.6. The third kappa shape index (κ3) is 10.3. The number of phenols is 2. The Morgan fingerprint density at radius 1 is 0.519 bits per heavy atom. The molecule has 0 atom stereocenters. The Hall–Kier alpha value is -8.84. The van der Waals surface area contributed by atoms with Crippen molar-refractivity contribution < 1.29 is 67.3 Å². The highest BCUT2D eigenvalue weighted by Gasteiger charge is 2.29. The van der Waals surface area contributed by atoms with E-state index in [1.54, 1.807) is 76.2 Å². The third-order valence-electron chi connectivity index (χ3n) is 14.0. The van der Waals surface area contributed by atoms with Crippen LogP contribution in [0, 0.1) is 41.5 Å². The highest BCUT2D eigenvalue weighted by Crippen LogP contribution is 2.45. The molecule has 0 bridgehead atoms. The second kappa shape index (κ2) is 20.1. The molecule has 8 aromatic carbocycles. The van der Waals surface area contributed by atoms with Gasteiger partial charge in [0.05, 0.1) is 32.2 Å². The minimum absolute atomic E-state index is 0.0168. The van der Waals surface area contributed by atoms with Crippen LogP contribution in [0.1, 0.15) is 43.7 Å². The molecule has 0 amide bonds. The summed E-state index contributed by atoms with van der Waals surface area (Å²) in [7, 11) is -18.9. The van der Waals surface area contributed by atoms with Gasteiger partial charge in [0.2, 0.25) is 0 Å². The Morgan fingerprint density at radius 2 is 1.10 bits per heavy atom. The number of hydrogen-bond donors (Lipinski definition) is 8. The summed E-state index contributed by atoms with van der Waals surface area (Å²) in [6.45, 7) is 10.1. The maximum absolute atomic E-state index is 14.3. The SMILES string of the molecule is Cc1cc(C)c(NS(=O)(=O)c2cccc3cc(C(=O)O)c(O)cc23)c(C)c1/N=c1/cc2oc3cc(Nc4c(C)cc(C)c(NS(=O)(=O)c5cccc6ccc(O)cc56)c4C)ccc3c(-c3ccccc3S(=O)(=O)O)c-2cc1S(=O)(=O)O. The first-order valence-electron chi connectivity index (χ1n) is 24.4. The molecule has 0 saturated heterocycles. The van der Waals surface area contributed by atoms with Crippen LogP contribution in [0.25, 0.3) is 55.0 Å². The van der Waals surface area contributed by atoms with E-state index in [1.165, 1.54) is 67.6 Å². The fraction of sp³-hybridized carbons (Fsp3) is 0.103. The number of carboxylic acids is 1. The molecular formula is C58H48N4O15S4. The molecule has 19 nitrogen and oxygen atoms in total. The summed E-state index contributed by atoms with van der Waals surface area (Å²) in [6, 6.07) is 31.4. The predicted molar refractivity (Wildman–Crippen MR) is 308 cm³/mol. The van der Waals surface area contributed by atoms with E-state index >= 15 is 0 Å². The zero-order valence-electron chi connectivity index (χ0n) is 43.6. The van der Waals surface area contributed by atoms with Crippen LogP contribution in [0.15, 0.2) is 162 Å². The Kier molecular flexibility index (Phi) is 13.7. The van der Waals surface area contributed by atoms with Gasteiger partial charge in [0.1, 0.15) is 38.2 Å². The molecule has 1 aliphatic carbocycles. The standard InChI is InChI=1S/C58H48N4O15S4/c1-29-21-31(3)56(61-78(67,68)49-15-9-11-35-17-19-38(63)25-41(35)49)33(5)54(29)59-37-18-20-39-47(24-37)77-48-28-45(52(81(74,75)76)27-44(48)53(39)40-13-7-8-14-51(40)80(71,72)73)60-55-30(2)22-32(4)57(34(55)6)62-79(69,70)50-16-10-12-36-23-43(58(65)66)46(64)26-42(36)50/h7-28,59,61-64H,1-6H3,(H,65,66)(H,71,72,73)(H,74,75,76)/b60-45-. The number of nitrogens with zero attached hydrogens (tertiary/aromatic N) is 1. The second-order valence-corrected chi connectivity index (χ2v) is 25.5. The minimum Gasteiger partial charge on any atom is -0.508 e. The van der Waals surface area contributed by atoms with E-state index in [0.717, 1.165) is 24.3 Å². The number of carbonyl (C=O) groups is 1. The van der Waals surface area contributed by atoms with Crippen molar-refractivity contribution in [3.63, 3.8) is 0 Å². The van der Waals surface area contributed by atoms with Crippen LogP contribution >= 0.6 is 0 Å². The van der Waals surface area contributed by atoms with Crippen LogP contribution in [-0.4, -0.2) is 64.1 Å². The number of benzene rings is 9. The van der Waals surface area contributed by atoms with Crippen molar-refractivity contribution in [1.82, 2.24) is 0 Å². The number of aryl methyl sites for hydroxylation is 4. The van der Waals surface area contributed by atoms with Crippen molar-refractivity contribution in [1.29, 1.82) is 0 Å². The minimum atomic E-state index is -5.21. The molecule has 0 fully saturated rings. The van der Waals surface area contributed by atoms with Gasteiger partial charge in [0.15, 0.2) is 0 Å². The van der Waals surface area contributed by atoms with Gasteiger partial charge in [-0.05, 0) is 146 Å². The van der Waals surface area contributed by atoms with E-state index in [4.69, 9.17) is 9.41 Å². The number of fused-ring (bicyclic) bond motifs is 4. The molecule has 8 N–H and O–H groups in total. The molecule has 0 aromatic heterocycles. The maximum atomic E-state index is 14.3. The van der Waals surface area contributed by atoms with E-state index in [0.29, 0.717) is 50.0 Å². The molecule has 0 radical (unpaired) electrons. The van der Waals surface area contributed by atoms with Gasteiger partial charge in [-0.2, -0.15) is 16.8 Å². The number of phenolic OH excluding ortho intramolecular Hbond substituents is 1. The molecular weight excluding hydrogens is 1120 g/mol. The zero-order valence-corrected chi connectivity index (χ0v) is 46.9. The van der Waals surface area contributed by atoms with Crippen molar-refractivity contribution in [2.75, 3.05) is 14.8 Å². The maximum Gasteiger partial charge on any atom is 0.339 e. The lowest BCUT2D eigenvalue weighted by Gasteiger charge is -2.21. The zero-order chi connectivity index (χ0) is 58.4. The summed E-state index contributed by atoms with van der Waals surface area (Å²) in [6.07, 6.45) is 0. The molecule has 8 aromatic rings. The molecule has 414 valence electrons. The average molecular weight is 1170 g/mol. The summed E-state index contributed by atoms with van der Waals surface area (Å²) in [5, 5.41) is 34.7. The average Bonchev–Trinajstić information content (AvgIpc) is 3.39. The number of aromatic hydroxyl groups is 2. The van der Waals surface area contributed by atoms with Gasteiger partial charge < -0.3 is 25.1 Å². The second-order valence-electron chi connectivity index (χ2n) is 19.5. The number of aromatic carboxylic acids is 1. The summed E-state index contributed by atoms with van der Waals surface area (Å²) >= 11 is 0. The number of rotatable bonds is 13.